The van der Waals surface area contributed by atoms with Gasteiger partial charge in [-0.25, -0.2) is 14.2 Å². The molecule has 2 rings (SSSR count). The summed E-state index contributed by atoms with van der Waals surface area (Å²) in [4.78, 5) is 28.2. The molecular weight excluding hydrogens is 417 g/mol. The average Bonchev–Trinajstić information content (AvgIpc) is 3.09. The molecule has 2 N–H and O–H groups in total. The zero-order valence-electron chi connectivity index (χ0n) is 18.4. The van der Waals surface area contributed by atoms with Crippen LogP contribution in [0.4, 0.5) is 4.39 Å². The maximum Gasteiger partial charge on any atom is 0.338 e. The molecular formula is C23H32FN3O3S. The topological polar surface area (TPSA) is 84.2 Å². The van der Waals surface area contributed by atoms with E-state index in [0.717, 1.165) is 37.2 Å². The first-order valence-corrected chi connectivity index (χ1v) is 11.3. The minimum Gasteiger partial charge on any atom is -0.478 e. The van der Waals surface area contributed by atoms with E-state index in [-0.39, 0.29) is 17.4 Å². The van der Waals surface area contributed by atoms with Crippen LogP contribution in [0.1, 0.15) is 67.5 Å². The normalized spacial score (nSPS) is 12.2. The van der Waals surface area contributed by atoms with Gasteiger partial charge in [0.2, 0.25) is 5.91 Å². The van der Waals surface area contributed by atoms with Gasteiger partial charge in [0, 0.05) is 30.8 Å². The molecule has 1 aromatic heterocycles. The Bertz CT molecular complexity index is 898. The molecule has 0 aliphatic carbocycles. The number of halogens is 1. The van der Waals surface area contributed by atoms with Crippen molar-refractivity contribution in [3.63, 3.8) is 0 Å². The zero-order chi connectivity index (χ0) is 23.0. The summed E-state index contributed by atoms with van der Waals surface area (Å²) in [5.41, 5.74) is 1.05. The van der Waals surface area contributed by atoms with Gasteiger partial charge in [0.25, 0.3) is 0 Å². The quantitative estimate of drug-likeness (QED) is 0.422. The number of carboxylic acids is 1. The lowest BCUT2D eigenvalue weighted by atomic mass is 9.98. The molecule has 1 heterocycles. The minimum absolute atomic E-state index is 0.0281. The molecule has 0 fully saturated rings. The Kier molecular flexibility index (Phi) is 9.55. The number of aromatic nitrogens is 2. The summed E-state index contributed by atoms with van der Waals surface area (Å²) in [5, 5.41) is 12.0. The summed E-state index contributed by atoms with van der Waals surface area (Å²) in [5.74, 6) is -0.434. The number of thiol groups is 1. The van der Waals surface area contributed by atoms with Gasteiger partial charge in [0.15, 0.2) is 0 Å². The van der Waals surface area contributed by atoms with Crippen molar-refractivity contribution in [1.29, 1.82) is 0 Å². The lowest BCUT2D eigenvalue weighted by Crippen LogP contribution is -2.32. The lowest BCUT2D eigenvalue weighted by molar-refractivity contribution is -0.124. The first-order chi connectivity index (χ1) is 14.7. The van der Waals surface area contributed by atoms with E-state index in [1.54, 1.807) is 6.07 Å². The van der Waals surface area contributed by atoms with E-state index in [1.165, 1.54) is 12.1 Å². The highest BCUT2D eigenvalue weighted by Gasteiger charge is 2.19. The Morgan fingerprint density at radius 1 is 1.32 bits per heavy atom. The van der Waals surface area contributed by atoms with Crippen molar-refractivity contribution in [2.75, 3.05) is 5.75 Å². The number of nitrogens with one attached hydrogen (secondary N) is 1. The number of amides is 1. The number of aryl methyl sites for hydroxylation is 1. The van der Waals surface area contributed by atoms with Crippen molar-refractivity contribution in [2.45, 2.75) is 59.5 Å². The van der Waals surface area contributed by atoms with Gasteiger partial charge in [-0.05, 0) is 36.5 Å². The van der Waals surface area contributed by atoms with Gasteiger partial charge in [0.05, 0.1) is 17.8 Å². The highest BCUT2D eigenvalue weighted by molar-refractivity contribution is 7.80. The summed E-state index contributed by atoms with van der Waals surface area (Å²) >= 11 is 4.30. The molecule has 0 spiro atoms. The molecule has 0 saturated heterocycles. The standard InChI is InChI=1S/C23H32FN3O3S/c1-4-5-6-21-26-18(11-25-22(28)17(14-31)9-15(2)3)13-27(21)12-16-7-8-19(23(29)30)20(24)10-16/h7-8,10,13,15,17,31H,4-6,9,11-12,14H2,1-3H3,(H,25,28)(H,29,30)/t17-/m0/s1. The Labute approximate surface area is 188 Å². The smallest absolute Gasteiger partial charge is 0.338 e. The molecule has 8 heteroatoms. The van der Waals surface area contributed by atoms with Crippen LogP contribution in [-0.2, 0) is 24.3 Å². The fourth-order valence-electron chi connectivity index (χ4n) is 3.45. The van der Waals surface area contributed by atoms with Crippen LogP contribution in [0.5, 0.6) is 0 Å². The maximum absolute atomic E-state index is 14.1. The third-order valence-electron chi connectivity index (χ3n) is 5.07. The van der Waals surface area contributed by atoms with Gasteiger partial charge in [-0.1, -0.05) is 33.3 Å². The Hall–Kier alpha value is -2.35. The summed E-state index contributed by atoms with van der Waals surface area (Å²) in [7, 11) is 0. The first kappa shape index (κ1) is 24.9. The molecule has 0 bridgehead atoms. The second-order valence-electron chi connectivity index (χ2n) is 8.23. The third-order valence-corrected chi connectivity index (χ3v) is 5.51. The van der Waals surface area contributed by atoms with Gasteiger partial charge < -0.3 is 15.0 Å². The van der Waals surface area contributed by atoms with E-state index in [1.807, 2.05) is 10.8 Å². The van der Waals surface area contributed by atoms with Crippen molar-refractivity contribution in [3.05, 3.63) is 52.9 Å². The second kappa shape index (κ2) is 11.9. The molecule has 0 radical (unpaired) electrons. The van der Waals surface area contributed by atoms with Crippen molar-refractivity contribution >= 4 is 24.5 Å². The monoisotopic (exact) mass is 449 g/mol. The number of hydrogen-bond donors (Lipinski definition) is 3. The van der Waals surface area contributed by atoms with Crippen molar-refractivity contribution < 1.29 is 19.1 Å². The number of benzene rings is 1. The molecule has 0 aliphatic rings. The number of carboxylic acid groups (broad SMARTS) is 1. The van der Waals surface area contributed by atoms with Crippen molar-refractivity contribution in [2.24, 2.45) is 11.8 Å². The Balaban J connectivity index is 2.14. The van der Waals surface area contributed by atoms with E-state index in [2.05, 4.69) is 43.7 Å². The van der Waals surface area contributed by atoms with Gasteiger partial charge in [-0.3, -0.25) is 4.79 Å². The van der Waals surface area contributed by atoms with Gasteiger partial charge >= 0.3 is 5.97 Å². The van der Waals surface area contributed by atoms with E-state index in [4.69, 9.17) is 5.11 Å². The predicted molar refractivity (Wildman–Crippen MR) is 122 cm³/mol. The maximum atomic E-state index is 14.1. The highest BCUT2D eigenvalue weighted by atomic mass is 32.1. The minimum atomic E-state index is -1.29. The van der Waals surface area contributed by atoms with E-state index >= 15 is 0 Å². The molecule has 0 saturated carbocycles. The molecule has 1 atom stereocenters. The number of carbonyl (C=O) groups excluding carboxylic acids is 1. The summed E-state index contributed by atoms with van der Waals surface area (Å²) in [6.45, 7) is 6.96. The number of hydrogen-bond acceptors (Lipinski definition) is 4. The highest BCUT2D eigenvalue weighted by Crippen LogP contribution is 2.16. The molecule has 1 aromatic carbocycles. The number of imidazole rings is 1. The van der Waals surface area contributed by atoms with Gasteiger partial charge in [-0.2, -0.15) is 12.6 Å². The summed E-state index contributed by atoms with van der Waals surface area (Å²) in [6, 6.07) is 4.14. The van der Waals surface area contributed by atoms with Crippen LogP contribution in [0.25, 0.3) is 0 Å². The van der Waals surface area contributed by atoms with E-state index in [9.17, 15) is 14.0 Å². The molecule has 170 valence electrons. The lowest BCUT2D eigenvalue weighted by Gasteiger charge is -2.16. The van der Waals surface area contributed by atoms with Crippen LogP contribution in [0.15, 0.2) is 24.4 Å². The fraction of sp³-hybridized carbons (Fsp3) is 0.522. The number of aromatic carboxylic acids is 1. The molecule has 2 aromatic rings. The predicted octanol–water partition coefficient (Wildman–Crippen LogP) is 4.32. The molecule has 1 amide bonds. The number of unbranched alkanes of at least 4 members (excludes halogenated alkanes) is 1. The SMILES string of the molecule is CCCCc1nc(CNC(=O)[C@H](CS)CC(C)C)cn1Cc1ccc(C(=O)O)c(F)c1. The van der Waals surface area contributed by atoms with Crippen LogP contribution in [0.3, 0.4) is 0 Å². The van der Waals surface area contributed by atoms with Crippen LogP contribution in [0, 0.1) is 17.7 Å². The zero-order valence-corrected chi connectivity index (χ0v) is 19.3. The number of nitrogens with zero attached hydrogens (tertiary/aromatic N) is 2. The van der Waals surface area contributed by atoms with Crippen LogP contribution < -0.4 is 5.32 Å². The molecule has 0 aliphatic heterocycles. The van der Waals surface area contributed by atoms with Gasteiger partial charge in [0.1, 0.15) is 11.6 Å². The second-order valence-corrected chi connectivity index (χ2v) is 8.59. The number of rotatable bonds is 12. The average molecular weight is 450 g/mol. The van der Waals surface area contributed by atoms with Crippen molar-refractivity contribution in [1.82, 2.24) is 14.9 Å². The number of carbonyl (C=O) groups is 2. The Morgan fingerprint density at radius 3 is 2.65 bits per heavy atom. The van der Waals surface area contributed by atoms with Crippen molar-refractivity contribution in [3.8, 4) is 0 Å². The fourth-order valence-corrected chi connectivity index (χ4v) is 3.77. The first-order valence-electron chi connectivity index (χ1n) is 10.7. The Morgan fingerprint density at radius 2 is 2.06 bits per heavy atom. The van der Waals surface area contributed by atoms with E-state index < -0.39 is 11.8 Å². The summed E-state index contributed by atoms with van der Waals surface area (Å²) in [6.07, 6.45) is 5.40. The van der Waals surface area contributed by atoms with Crippen LogP contribution in [0.2, 0.25) is 0 Å². The largest absolute Gasteiger partial charge is 0.478 e. The molecule has 0 unspecified atom stereocenters. The van der Waals surface area contributed by atoms with Gasteiger partial charge in [-0.15, -0.1) is 0 Å². The van der Waals surface area contributed by atoms with Crippen LogP contribution >= 0.6 is 12.6 Å². The third kappa shape index (κ3) is 7.38. The van der Waals surface area contributed by atoms with Crippen LogP contribution in [-0.4, -0.2) is 32.3 Å². The molecule has 31 heavy (non-hydrogen) atoms. The van der Waals surface area contributed by atoms with E-state index in [0.29, 0.717) is 30.3 Å². The molecule has 6 nitrogen and oxygen atoms in total. The summed E-state index contributed by atoms with van der Waals surface area (Å²) < 4.78 is 16.0.